The minimum atomic E-state index is -0.704. The Kier molecular flexibility index (Phi) is 8.25. The van der Waals surface area contributed by atoms with Crippen molar-refractivity contribution in [3.8, 4) is 0 Å². The number of fused-ring (bicyclic) bond motifs is 1. The molecule has 3 heterocycles. The van der Waals surface area contributed by atoms with Gasteiger partial charge in [0.25, 0.3) is 0 Å². The first-order valence-electron chi connectivity index (χ1n) is 13.6. The molecular weight excluding hydrogens is 476 g/mol. The first-order chi connectivity index (χ1) is 17.3. The molecule has 3 aliphatic heterocycles. The van der Waals surface area contributed by atoms with Gasteiger partial charge in [-0.2, -0.15) is 0 Å². The molecule has 1 aliphatic carbocycles. The molecule has 0 aromatic rings. The highest BCUT2D eigenvalue weighted by atomic mass is 32.2. The van der Waals surface area contributed by atoms with E-state index in [4.69, 9.17) is 4.74 Å². The lowest BCUT2D eigenvalue weighted by molar-refractivity contribution is -0.156. The van der Waals surface area contributed by atoms with Crippen LogP contribution in [0.3, 0.4) is 0 Å². The van der Waals surface area contributed by atoms with Crippen molar-refractivity contribution in [2.45, 2.75) is 99.3 Å². The van der Waals surface area contributed by atoms with E-state index in [1.54, 1.807) is 35.7 Å². The highest BCUT2D eigenvalue weighted by Crippen LogP contribution is 2.71. The third-order valence-electron chi connectivity index (χ3n) is 8.86. The quantitative estimate of drug-likeness (QED) is 0.255. The number of thioether (sulfide) groups is 1. The molecule has 2 amide bonds. The average Bonchev–Trinajstić information content (AvgIpc) is 3.45. The maximum absolute atomic E-state index is 14.4. The van der Waals surface area contributed by atoms with Gasteiger partial charge in [-0.05, 0) is 52.4 Å². The standard InChI is InChI=1S/C28H42N2O5S/c1-5-7-11-17-35-26(34)22-21-24(32)30(19(3)18-31)23(28(21)15-14-27(22,4)36-28)25(33)29(16-6-2)20-12-9-8-10-13-20/h5-6,19-23,31H,1-2,7-18H2,3-4H3/t19-,21+,22-,23?,27+,28?/m1/s1. The maximum atomic E-state index is 14.4. The van der Waals surface area contributed by atoms with E-state index in [2.05, 4.69) is 20.1 Å². The number of unbranched alkanes of at least 4 members (excludes halogenated alkanes) is 1. The van der Waals surface area contributed by atoms with Gasteiger partial charge in [-0.1, -0.05) is 31.4 Å². The van der Waals surface area contributed by atoms with E-state index in [0.29, 0.717) is 26.0 Å². The fraction of sp³-hybridized carbons (Fsp3) is 0.750. The van der Waals surface area contributed by atoms with Crippen molar-refractivity contribution in [1.29, 1.82) is 0 Å². The number of nitrogens with zero attached hydrogens (tertiary/aromatic N) is 2. The van der Waals surface area contributed by atoms with Crippen molar-refractivity contribution >= 4 is 29.5 Å². The highest BCUT2D eigenvalue weighted by molar-refractivity contribution is 8.02. The van der Waals surface area contributed by atoms with Gasteiger partial charge in [0, 0.05) is 17.3 Å². The molecule has 4 rings (SSSR count). The van der Waals surface area contributed by atoms with E-state index in [1.807, 2.05) is 4.90 Å². The number of allylic oxidation sites excluding steroid dienone is 1. The van der Waals surface area contributed by atoms with Crippen LogP contribution in [0, 0.1) is 11.8 Å². The van der Waals surface area contributed by atoms with E-state index in [-0.39, 0.29) is 30.4 Å². The highest BCUT2D eigenvalue weighted by Gasteiger charge is 2.78. The number of esters is 1. The number of rotatable bonds is 11. The predicted octanol–water partition coefficient (Wildman–Crippen LogP) is 3.71. The fourth-order valence-corrected chi connectivity index (χ4v) is 9.49. The number of amides is 2. The zero-order chi connectivity index (χ0) is 26.1. The van der Waals surface area contributed by atoms with Crippen molar-refractivity contribution < 1.29 is 24.2 Å². The van der Waals surface area contributed by atoms with Gasteiger partial charge in [0.1, 0.15) is 6.04 Å². The molecule has 8 heteroatoms. The molecule has 4 aliphatic rings. The number of ether oxygens (including phenoxy) is 1. The Balaban J connectivity index is 1.70. The minimum absolute atomic E-state index is 0.0605. The minimum Gasteiger partial charge on any atom is -0.465 e. The van der Waals surface area contributed by atoms with E-state index in [9.17, 15) is 19.5 Å². The van der Waals surface area contributed by atoms with Gasteiger partial charge < -0.3 is 19.6 Å². The summed E-state index contributed by atoms with van der Waals surface area (Å²) in [6, 6.07) is -1.09. The molecule has 1 spiro atoms. The van der Waals surface area contributed by atoms with Crippen LogP contribution in [0.15, 0.2) is 25.3 Å². The predicted molar refractivity (Wildman–Crippen MR) is 141 cm³/mol. The Morgan fingerprint density at radius 1 is 1.25 bits per heavy atom. The van der Waals surface area contributed by atoms with Crippen LogP contribution in [-0.2, 0) is 19.1 Å². The summed E-state index contributed by atoms with van der Waals surface area (Å²) >= 11 is 1.65. The molecule has 2 bridgehead atoms. The number of hydrogen-bond acceptors (Lipinski definition) is 6. The van der Waals surface area contributed by atoms with Gasteiger partial charge >= 0.3 is 5.97 Å². The van der Waals surface area contributed by atoms with Crippen LogP contribution in [0.2, 0.25) is 0 Å². The Morgan fingerprint density at radius 2 is 1.97 bits per heavy atom. The second-order valence-corrected chi connectivity index (χ2v) is 13.1. The Bertz CT molecular complexity index is 889. The topological polar surface area (TPSA) is 87.1 Å². The van der Waals surface area contributed by atoms with Gasteiger partial charge in [0.2, 0.25) is 11.8 Å². The van der Waals surface area contributed by atoms with E-state index in [0.717, 1.165) is 38.5 Å². The molecule has 7 nitrogen and oxygen atoms in total. The molecule has 1 saturated carbocycles. The van der Waals surface area contributed by atoms with Crippen LogP contribution in [0.1, 0.15) is 71.6 Å². The molecule has 36 heavy (non-hydrogen) atoms. The zero-order valence-electron chi connectivity index (χ0n) is 21.8. The van der Waals surface area contributed by atoms with Crippen molar-refractivity contribution in [3.63, 3.8) is 0 Å². The van der Waals surface area contributed by atoms with E-state index < -0.39 is 33.4 Å². The number of hydrogen-bond donors (Lipinski definition) is 1. The summed E-state index contributed by atoms with van der Waals surface area (Å²) in [6.45, 7) is 12.0. The van der Waals surface area contributed by atoms with E-state index in [1.165, 1.54) is 6.42 Å². The third-order valence-corrected chi connectivity index (χ3v) is 10.8. The molecule has 6 atom stereocenters. The molecule has 1 N–H and O–H groups in total. The molecule has 2 unspecified atom stereocenters. The molecule has 4 fully saturated rings. The summed E-state index contributed by atoms with van der Waals surface area (Å²) in [4.78, 5) is 45.4. The van der Waals surface area contributed by atoms with Crippen LogP contribution in [0.25, 0.3) is 0 Å². The number of aliphatic hydroxyl groups excluding tert-OH is 1. The Hall–Kier alpha value is -1.80. The smallest absolute Gasteiger partial charge is 0.311 e. The summed E-state index contributed by atoms with van der Waals surface area (Å²) in [6.07, 6.45) is 11.7. The molecule has 0 aromatic carbocycles. The lowest BCUT2D eigenvalue weighted by Gasteiger charge is -2.42. The lowest BCUT2D eigenvalue weighted by atomic mass is 9.66. The molecule has 3 saturated heterocycles. The van der Waals surface area contributed by atoms with Gasteiger partial charge in [-0.3, -0.25) is 14.4 Å². The van der Waals surface area contributed by atoms with Crippen molar-refractivity contribution in [2.24, 2.45) is 11.8 Å². The summed E-state index contributed by atoms with van der Waals surface area (Å²) in [5.74, 6) is -1.81. The first kappa shape index (κ1) is 27.2. The first-order valence-corrected chi connectivity index (χ1v) is 14.4. The van der Waals surface area contributed by atoms with Crippen LogP contribution in [0.5, 0.6) is 0 Å². The van der Waals surface area contributed by atoms with Gasteiger partial charge in [0.05, 0.1) is 35.8 Å². The summed E-state index contributed by atoms with van der Waals surface area (Å²) in [7, 11) is 0. The van der Waals surface area contributed by atoms with Gasteiger partial charge in [0.15, 0.2) is 0 Å². The Morgan fingerprint density at radius 3 is 2.61 bits per heavy atom. The normalized spacial score (nSPS) is 34.4. The Labute approximate surface area is 219 Å². The van der Waals surface area contributed by atoms with Crippen molar-refractivity contribution in [3.05, 3.63) is 25.3 Å². The van der Waals surface area contributed by atoms with E-state index >= 15 is 0 Å². The number of carbonyl (C=O) groups is 3. The largest absolute Gasteiger partial charge is 0.465 e. The van der Waals surface area contributed by atoms with Gasteiger partial charge in [-0.15, -0.1) is 24.9 Å². The summed E-state index contributed by atoms with van der Waals surface area (Å²) in [5, 5.41) is 10.1. The van der Waals surface area contributed by atoms with Crippen molar-refractivity contribution in [2.75, 3.05) is 19.8 Å². The van der Waals surface area contributed by atoms with Crippen LogP contribution in [0.4, 0.5) is 0 Å². The summed E-state index contributed by atoms with van der Waals surface area (Å²) < 4.78 is 4.53. The number of aliphatic hydroxyl groups is 1. The lowest BCUT2D eigenvalue weighted by Crippen LogP contribution is -2.58. The van der Waals surface area contributed by atoms with Crippen LogP contribution in [-0.4, -0.2) is 80.1 Å². The molecule has 200 valence electrons. The SMILES string of the molecule is C=CCCCOC(=O)[C@H]1[C@H]2C(=O)N([C@H](C)CO)C(C(=O)N(CC=C)C3CCCCC3)C23CC[C@]1(C)S3. The van der Waals surface area contributed by atoms with Crippen LogP contribution >= 0.6 is 11.8 Å². The second-order valence-electron chi connectivity index (χ2n) is 11.2. The monoisotopic (exact) mass is 518 g/mol. The summed E-state index contributed by atoms with van der Waals surface area (Å²) in [5.41, 5.74) is 0. The number of likely N-dealkylation sites (tertiary alicyclic amines) is 1. The second kappa shape index (κ2) is 10.9. The van der Waals surface area contributed by atoms with Crippen molar-refractivity contribution in [1.82, 2.24) is 9.80 Å². The molecule has 0 radical (unpaired) electrons. The molecule has 0 aromatic heterocycles. The average molecular weight is 519 g/mol. The number of carbonyl (C=O) groups excluding carboxylic acids is 3. The zero-order valence-corrected chi connectivity index (χ0v) is 22.6. The molecular formula is C28H42N2O5S. The third kappa shape index (κ3) is 4.42. The fourth-order valence-electron chi connectivity index (χ4n) is 7.16. The maximum Gasteiger partial charge on any atom is 0.311 e. The van der Waals surface area contributed by atoms with Gasteiger partial charge in [-0.25, -0.2) is 0 Å². The van der Waals surface area contributed by atoms with Crippen LogP contribution < -0.4 is 0 Å².